The Morgan fingerprint density at radius 3 is 2.88 bits per heavy atom. The number of aliphatic imine (C=N–C) groups is 1. The number of aromatic nitrogens is 2. The Balaban J connectivity index is 0.00000363. The molecule has 0 aliphatic heterocycles. The second-order valence-electron chi connectivity index (χ2n) is 7.68. The third-order valence-corrected chi connectivity index (χ3v) is 7.12. The molecule has 1 aliphatic rings. The van der Waals surface area contributed by atoms with Crippen molar-refractivity contribution < 1.29 is 9.00 Å². The maximum atomic E-state index is 12.2. The quantitative estimate of drug-likeness (QED) is 0.257. The fourth-order valence-corrected chi connectivity index (χ4v) is 5.17. The van der Waals surface area contributed by atoms with Crippen LogP contribution < -0.4 is 16.0 Å². The molecule has 3 N–H and O–H groups in total. The fraction of sp³-hybridized carbons (Fsp3) is 0.500. The van der Waals surface area contributed by atoms with Crippen molar-refractivity contribution in [1.82, 2.24) is 20.4 Å². The van der Waals surface area contributed by atoms with Gasteiger partial charge in [0.1, 0.15) is 6.54 Å². The Morgan fingerprint density at radius 1 is 1.31 bits per heavy atom. The molecule has 2 aromatic rings. The Hall–Kier alpha value is -1.95. The third-order valence-electron chi connectivity index (χ3n) is 5.38. The van der Waals surface area contributed by atoms with E-state index in [1.54, 1.807) is 30.2 Å². The molecule has 0 saturated heterocycles. The molecule has 3 unspecified atom stereocenters. The van der Waals surface area contributed by atoms with Gasteiger partial charge in [-0.1, -0.05) is 25.5 Å². The number of rotatable bonds is 8. The Kier molecular flexibility index (Phi) is 11.1. The first-order chi connectivity index (χ1) is 15.1. The number of guanidine groups is 1. The van der Waals surface area contributed by atoms with E-state index in [9.17, 15) is 9.00 Å². The van der Waals surface area contributed by atoms with Crippen LogP contribution in [0.1, 0.15) is 38.2 Å². The fourth-order valence-electron chi connectivity index (χ4n) is 3.82. The van der Waals surface area contributed by atoms with E-state index in [0.717, 1.165) is 48.6 Å². The van der Waals surface area contributed by atoms with Crippen LogP contribution >= 0.6 is 24.0 Å². The minimum Gasteiger partial charge on any atom is -0.354 e. The number of nitrogens with zero attached hydrogens (tertiary/aromatic N) is 3. The van der Waals surface area contributed by atoms with E-state index >= 15 is 0 Å². The normalized spacial score (nSPS) is 19.5. The van der Waals surface area contributed by atoms with Gasteiger partial charge >= 0.3 is 0 Å². The van der Waals surface area contributed by atoms with E-state index < -0.39 is 10.8 Å². The van der Waals surface area contributed by atoms with Gasteiger partial charge in [0.15, 0.2) is 5.96 Å². The average molecular weight is 573 g/mol. The van der Waals surface area contributed by atoms with Crippen LogP contribution in [0, 0.1) is 0 Å². The van der Waals surface area contributed by atoms with Crippen LogP contribution in [0.5, 0.6) is 0 Å². The second-order valence-corrected chi connectivity index (χ2v) is 9.68. The standard InChI is InChI=1S/C22H32N6O2S.HI/c1-3-31(30)20-10-5-9-19(14-20)27-22(23-2)24-15-17-7-4-8-18(13-17)26-21(29)16-28-12-6-11-25-28;/h4,6-8,11-13,19-20H,3,5,9-10,14-16H2,1-2H3,(H,26,29)(H2,23,24,27);1H. The second kappa shape index (κ2) is 13.6. The van der Waals surface area contributed by atoms with E-state index in [1.807, 2.05) is 31.2 Å². The third kappa shape index (κ3) is 8.19. The maximum Gasteiger partial charge on any atom is 0.246 e. The highest BCUT2D eigenvalue weighted by atomic mass is 127. The van der Waals surface area contributed by atoms with Crippen LogP contribution in [-0.2, 0) is 28.7 Å². The molecule has 176 valence electrons. The first-order valence-corrected chi connectivity index (χ1v) is 12.2. The summed E-state index contributed by atoms with van der Waals surface area (Å²) in [5, 5.41) is 14.1. The van der Waals surface area contributed by atoms with Gasteiger partial charge in [-0.3, -0.25) is 18.7 Å². The summed E-state index contributed by atoms with van der Waals surface area (Å²) in [4.78, 5) is 16.5. The van der Waals surface area contributed by atoms with Crippen molar-refractivity contribution in [3.63, 3.8) is 0 Å². The zero-order chi connectivity index (χ0) is 22.1. The SMILES string of the molecule is CCS(=O)C1CCCC(NC(=NC)NCc2cccc(NC(=O)Cn3cccn3)c2)C1.I. The lowest BCUT2D eigenvalue weighted by Crippen LogP contribution is -2.46. The van der Waals surface area contributed by atoms with Gasteiger partial charge in [0.2, 0.25) is 5.91 Å². The summed E-state index contributed by atoms with van der Waals surface area (Å²) < 4.78 is 13.8. The molecule has 8 nitrogen and oxygen atoms in total. The Bertz CT molecular complexity index is 906. The summed E-state index contributed by atoms with van der Waals surface area (Å²) in [7, 11) is 1.01. The minimum absolute atomic E-state index is 0. The molecule has 32 heavy (non-hydrogen) atoms. The van der Waals surface area contributed by atoms with Crippen molar-refractivity contribution >= 4 is 52.3 Å². The van der Waals surface area contributed by atoms with E-state index in [2.05, 4.69) is 26.0 Å². The van der Waals surface area contributed by atoms with Crippen LogP contribution in [0.2, 0.25) is 0 Å². The molecule has 3 rings (SSSR count). The largest absolute Gasteiger partial charge is 0.354 e. The number of anilines is 1. The molecule has 0 bridgehead atoms. The predicted molar refractivity (Wildman–Crippen MR) is 141 cm³/mol. The van der Waals surface area contributed by atoms with Crippen molar-refractivity contribution in [2.75, 3.05) is 18.1 Å². The van der Waals surface area contributed by atoms with E-state index in [0.29, 0.717) is 6.54 Å². The van der Waals surface area contributed by atoms with Gasteiger partial charge in [-0.25, -0.2) is 0 Å². The number of carbonyl (C=O) groups is 1. The van der Waals surface area contributed by atoms with Crippen LogP contribution in [-0.4, -0.2) is 49.9 Å². The van der Waals surface area contributed by atoms with Crippen LogP contribution in [0.4, 0.5) is 5.69 Å². The van der Waals surface area contributed by atoms with Crippen molar-refractivity contribution in [2.45, 2.75) is 57.0 Å². The van der Waals surface area contributed by atoms with E-state index in [-0.39, 0.29) is 47.7 Å². The summed E-state index contributed by atoms with van der Waals surface area (Å²) in [6.45, 7) is 2.75. The molecular weight excluding hydrogens is 539 g/mol. The maximum absolute atomic E-state index is 12.2. The van der Waals surface area contributed by atoms with Gasteiger partial charge in [-0.05, 0) is 43.0 Å². The molecule has 1 heterocycles. The van der Waals surface area contributed by atoms with Crippen molar-refractivity contribution in [2.24, 2.45) is 4.99 Å². The van der Waals surface area contributed by atoms with E-state index in [1.165, 1.54) is 0 Å². The molecule has 1 amide bonds. The molecule has 1 fully saturated rings. The van der Waals surface area contributed by atoms with Gasteiger partial charge in [-0.2, -0.15) is 5.10 Å². The summed E-state index contributed by atoms with van der Waals surface area (Å²) in [5.41, 5.74) is 1.78. The number of amides is 1. The van der Waals surface area contributed by atoms with Crippen molar-refractivity contribution in [3.05, 3.63) is 48.3 Å². The molecule has 1 aromatic heterocycles. The summed E-state index contributed by atoms with van der Waals surface area (Å²) in [6.07, 6.45) is 7.52. The number of hydrogen-bond donors (Lipinski definition) is 3. The predicted octanol–water partition coefficient (Wildman–Crippen LogP) is 2.88. The smallest absolute Gasteiger partial charge is 0.246 e. The Morgan fingerprint density at radius 2 is 2.16 bits per heavy atom. The van der Waals surface area contributed by atoms with Crippen molar-refractivity contribution in [3.8, 4) is 0 Å². The van der Waals surface area contributed by atoms with Gasteiger partial charge in [0.25, 0.3) is 0 Å². The van der Waals surface area contributed by atoms with Gasteiger partial charge in [0.05, 0.1) is 0 Å². The highest BCUT2D eigenvalue weighted by molar-refractivity contribution is 14.0. The van der Waals surface area contributed by atoms with Gasteiger partial charge < -0.3 is 16.0 Å². The highest BCUT2D eigenvalue weighted by Gasteiger charge is 2.26. The topological polar surface area (TPSA) is 100 Å². The monoisotopic (exact) mass is 572 g/mol. The molecule has 1 aromatic carbocycles. The zero-order valence-electron chi connectivity index (χ0n) is 18.6. The molecule has 1 aliphatic carbocycles. The highest BCUT2D eigenvalue weighted by Crippen LogP contribution is 2.23. The number of carbonyl (C=O) groups excluding carboxylic acids is 1. The summed E-state index contributed by atoms with van der Waals surface area (Å²) >= 11 is 0. The van der Waals surface area contributed by atoms with E-state index in [4.69, 9.17) is 0 Å². The first-order valence-electron chi connectivity index (χ1n) is 10.8. The van der Waals surface area contributed by atoms with Gasteiger partial charge in [-0.15, -0.1) is 24.0 Å². The van der Waals surface area contributed by atoms with Crippen LogP contribution in [0.25, 0.3) is 0 Å². The molecule has 1 saturated carbocycles. The molecule has 10 heteroatoms. The number of nitrogens with one attached hydrogen (secondary N) is 3. The number of hydrogen-bond acceptors (Lipinski definition) is 4. The van der Waals surface area contributed by atoms with Crippen LogP contribution in [0.15, 0.2) is 47.7 Å². The Labute approximate surface area is 209 Å². The lowest BCUT2D eigenvalue weighted by atomic mass is 9.95. The summed E-state index contributed by atoms with van der Waals surface area (Å²) in [6, 6.07) is 9.81. The minimum atomic E-state index is -0.743. The van der Waals surface area contributed by atoms with Gasteiger partial charge in [0, 0.05) is 59.5 Å². The molecule has 0 radical (unpaired) electrons. The van der Waals surface area contributed by atoms with Crippen molar-refractivity contribution in [1.29, 1.82) is 0 Å². The number of halogens is 1. The molecular formula is C22H33IN6O2S. The van der Waals surface area contributed by atoms with Crippen LogP contribution in [0.3, 0.4) is 0 Å². The average Bonchev–Trinajstić information content (AvgIpc) is 3.29. The molecule has 3 atom stereocenters. The lowest BCUT2D eigenvalue weighted by Gasteiger charge is -2.30. The zero-order valence-corrected chi connectivity index (χ0v) is 21.8. The summed E-state index contributed by atoms with van der Waals surface area (Å²) in [5.74, 6) is 1.34. The molecule has 0 spiro atoms. The number of benzene rings is 1. The lowest BCUT2D eigenvalue weighted by molar-refractivity contribution is -0.116. The first kappa shape index (κ1) is 26.3.